The molecule has 1 fully saturated rings. The molecule has 1 aliphatic rings. The molecule has 1 amide bonds. The molecule has 0 radical (unpaired) electrons. The summed E-state index contributed by atoms with van der Waals surface area (Å²) in [4.78, 5) is 19.8. The number of morpholine rings is 1. The first-order valence-corrected chi connectivity index (χ1v) is 13.6. The average molecular weight is 495 g/mol. The molecule has 0 saturated carbocycles. The number of sulfonamides is 1. The van der Waals surface area contributed by atoms with Crippen LogP contribution in [0.15, 0.2) is 23.1 Å². The molecule has 2 aromatic rings. The van der Waals surface area contributed by atoms with Crippen molar-refractivity contribution in [2.45, 2.75) is 51.5 Å². The minimum Gasteiger partial charge on any atom is -0.383 e. The smallest absolute Gasteiger partial charge is 0.243 e. The second-order valence-corrected chi connectivity index (χ2v) is 11.0. The van der Waals surface area contributed by atoms with Gasteiger partial charge in [0.05, 0.1) is 35.7 Å². The zero-order chi connectivity index (χ0) is 24.7. The molecule has 9 nitrogen and oxygen atoms in total. The number of aromatic nitrogens is 2. The largest absolute Gasteiger partial charge is 0.383 e. The predicted molar refractivity (Wildman–Crippen MR) is 131 cm³/mol. The van der Waals surface area contributed by atoms with Gasteiger partial charge in [0.25, 0.3) is 0 Å². The van der Waals surface area contributed by atoms with Gasteiger partial charge in [-0.1, -0.05) is 20.8 Å². The van der Waals surface area contributed by atoms with E-state index in [4.69, 9.17) is 14.5 Å². The van der Waals surface area contributed by atoms with E-state index in [0.29, 0.717) is 70.3 Å². The van der Waals surface area contributed by atoms with Gasteiger partial charge in [-0.15, -0.1) is 0 Å². The number of carbonyl (C=O) groups is 1. The number of methoxy groups -OCH3 is 1. The SMILES string of the molecule is CCCn1c(CCC(=O)N(CCOC)CC(C)C)nc2cc(S(=O)(=O)N3CCOCC3)ccc21. The number of fused-ring (bicyclic) bond motifs is 1. The minimum absolute atomic E-state index is 0.0800. The molecule has 0 bridgehead atoms. The summed E-state index contributed by atoms with van der Waals surface area (Å²) in [5, 5.41) is 0. The maximum absolute atomic E-state index is 13.1. The van der Waals surface area contributed by atoms with Crippen molar-refractivity contribution in [3.8, 4) is 0 Å². The van der Waals surface area contributed by atoms with E-state index < -0.39 is 10.0 Å². The molecular weight excluding hydrogens is 456 g/mol. The standard InChI is InChI=1S/C24H38N4O5S/c1-5-10-28-22-7-6-20(34(30,31)27-12-15-33-16-13-27)17-21(22)25-23(28)8-9-24(29)26(11-14-32-4)18-19(2)3/h6-7,17,19H,5,8-16,18H2,1-4H3. The van der Waals surface area contributed by atoms with Crippen LogP contribution in [0.4, 0.5) is 0 Å². The molecule has 1 aromatic heterocycles. The quantitative estimate of drug-likeness (QED) is 0.450. The summed E-state index contributed by atoms with van der Waals surface area (Å²) in [6, 6.07) is 5.15. The summed E-state index contributed by atoms with van der Waals surface area (Å²) >= 11 is 0. The summed E-state index contributed by atoms with van der Waals surface area (Å²) in [6.07, 6.45) is 1.76. The summed E-state index contributed by atoms with van der Waals surface area (Å²) in [6.45, 7) is 10.3. The molecule has 0 spiro atoms. The molecule has 10 heteroatoms. The highest BCUT2D eigenvalue weighted by molar-refractivity contribution is 7.89. The molecule has 190 valence electrons. The fourth-order valence-corrected chi connectivity index (χ4v) is 5.69. The van der Waals surface area contributed by atoms with Gasteiger partial charge in [-0.25, -0.2) is 13.4 Å². The van der Waals surface area contributed by atoms with E-state index in [0.717, 1.165) is 24.3 Å². The van der Waals surface area contributed by atoms with E-state index in [1.165, 1.54) is 4.31 Å². The second kappa shape index (κ2) is 12.1. The maximum Gasteiger partial charge on any atom is 0.243 e. The highest BCUT2D eigenvalue weighted by atomic mass is 32.2. The summed E-state index contributed by atoms with van der Waals surface area (Å²) in [5.41, 5.74) is 1.53. The molecule has 0 atom stereocenters. The Morgan fingerprint density at radius 1 is 1.26 bits per heavy atom. The molecule has 34 heavy (non-hydrogen) atoms. The summed E-state index contributed by atoms with van der Waals surface area (Å²) < 4.78 is 40.2. The van der Waals surface area contributed by atoms with Gasteiger partial charge in [0.2, 0.25) is 15.9 Å². The lowest BCUT2D eigenvalue weighted by molar-refractivity contribution is -0.132. The van der Waals surface area contributed by atoms with E-state index in [1.54, 1.807) is 19.2 Å². The molecule has 1 aliphatic heterocycles. The van der Waals surface area contributed by atoms with Crippen LogP contribution in [0.25, 0.3) is 11.0 Å². The number of hydrogen-bond acceptors (Lipinski definition) is 6. The predicted octanol–water partition coefficient (Wildman–Crippen LogP) is 2.53. The number of nitrogens with zero attached hydrogens (tertiary/aromatic N) is 4. The average Bonchev–Trinajstić information content (AvgIpc) is 3.17. The Bertz CT molecular complexity index is 1060. The van der Waals surface area contributed by atoms with Crippen LogP contribution in [0, 0.1) is 5.92 Å². The van der Waals surface area contributed by atoms with Gasteiger partial charge in [0.1, 0.15) is 5.82 Å². The topological polar surface area (TPSA) is 94.0 Å². The van der Waals surface area contributed by atoms with Gasteiger partial charge >= 0.3 is 0 Å². The van der Waals surface area contributed by atoms with Crippen molar-refractivity contribution in [2.24, 2.45) is 5.92 Å². The van der Waals surface area contributed by atoms with Crippen molar-refractivity contribution >= 4 is 27.0 Å². The lowest BCUT2D eigenvalue weighted by Crippen LogP contribution is -2.40. The molecule has 0 aliphatic carbocycles. The highest BCUT2D eigenvalue weighted by Crippen LogP contribution is 2.24. The van der Waals surface area contributed by atoms with Gasteiger partial charge in [-0.05, 0) is 30.5 Å². The van der Waals surface area contributed by atoms with Gasteiger partial charge in [0, 0.05) is 52.7 Å². The molecule has 1 aromatic carbocycles. The highest BCUT2D eigenvalue weighted by Gasteiger charge is 2.27. The number of hydrogen-bond donors (Lipinski definition) is 0. The van der Waals surface area contributed by atoms with Gasteiger partial charge in [-0.3, -0.25) is 4.79 Å². The monoisotopic (exact) mass is 494 g/mol. The van der Waals surface area contributed by atoms with Crippen LogP contribution in [0.5, 0.6) is 0 Å². The third-order valence-electron chi connectivity index (χ3n) is 5.92. The molecule has 3 rings (SSSR count). The molecular formula is C24H38N4O5S. The van der Waals surface area contributed by atoms with Crippen molar-refractivity contribution < 1.29 is 22.7 Å². The second-order valence-electron chi connectivity index (χ2n) is 9.07. The fraction of sp³-hybridized carbons (Fsp3) is 0.667. The van der Waals surface area contributed by atoms with Crippen molar-refractivity contribution in [2.75, 3.05) is 53.1 Å². The number of imidazole rings is 1. The Labute approximate surface area is 203 Å². The third-order valence-corrected chi connectivity index (χ3v) is 7.81. The Kier molecular flexibility index (Phi) is 9.47. The van der Waals surface area contributed by atoms with Crippen molar-refractivity contribution in [3.05, 3.63) is 24.0 Å². The lowest BCUT2D eigenvalue weighted by Gasteiger charge is -2.26. The molecule has 1 saturated heterocycles. The molecule has 2 heterocycles. The van der Waals surface area contributed by atoms with Crippen LogP contribution in [0.1, 0.15) is 39.4 Å². The van der Waals surface area contributed by atoms with E-state index in [-0.39, 0.29) is 10.8 Å². The minimum atomic E-state index is -3.60. The Morgan fingerprint density at radius 2 is 2.00 bits per heavy atom. The van der Waals surface area contributed by atoms with Crippen LogP contribution in [0.3, 0.4) is 0 Å². The van der Waals surface area contributed by atoms with E-state index in [2.05, 4.69) is 25.3 Å². The molecule has 0 unspecified atom stereocenters. The lowest BCUT2D eigenvalue weighted by atomic mass is 10.2. The number of rotatable bonds is 12. The van der Waals surface area contributed by atoms with Gasteiger partial charge in [-0.2, -0.15) is 4.31 Å². The van der Waals surface area contributed by atoms with E-state index in [1.807, 2.05) is 11.0 Å². The zero-order valence-electron chi connectivity index (χ0n) is 20.8. The van der Waals surface area contributed by atoms with Crippen molar-refractivity contribution in [3.63, 3.8) is 0 Å². The van der Waals surface area contributed by atoms with Crippen LogP contribution in [-0.2, 0) is 37.3 Å². The maximum atomic E-state index is 13.1. The zero-order valence-corrected chi connectivity index (χ0v) is 21.6. The first-order valence-electron chi connectivity index (χ1n) is 12.1. The van der Waals surface area contributed by atoms with Crippen molar-refractivity contribution in [1.29, 1.82) is 0 Å². The fourth-order valence-electron chi connectivity index (χ4n) is 4.26. The van der Waals surface area contributed by atoms with Crippen molar-refractivity contribution in [1.82, 2.24) is 18.8 Å². The van der Waals surface area contributed by atoms with Gasteiger partial charge in [0.15, 0.2) is 0 Å². The first kappa shape index (κ1) is 26.6. The van der Waals surface area contributed by atoms with E-state index in [9.17, 15) is 13.2 Å². The van der Waals surface area contributed by atoms with Crippen LogP contribution in [-0.4, -0.2) is 86.2 Å². The number of ether oxygens (including phenoxy) is 2. The number of amides is 1. The normalized spacial score (nSPS) is 15.3. The summed E-state index contributed by atoms with van der Waals surface area (Å²) in [7, 11) is -1.96. The molecule has 0 N–H and O–H groups in total. The Morgan fingerprint density at radius 3 is 2.65 bits per heavy atom. The first-order chi connectivity index (χ1) is 16.3. The third kappa shape index (κ3) is 6.35. The van der Waals surface area contributed by atoms with Crippen LogP contribution in [0.2, 0.25) is 0 Å². The summed E-state index contributed by atoms with van der Waals surface area (Å²) in [5.74, 6) is 1.26. The number of aryl methyl sites for hydroxylation is 2. The van der Waals surface area contributed by atoms with Crippen LogP contribution < -0.4 is 0 Å². The number of carbonyl (C=O) groups excluding carboxylic acids is 1. The Balaban J connectivity index is 1.83. The van der Waals surface area contributed by atoms with E-state index >= 15 is 0 Å². The van der Waals surface area contributed by atoms with Crippen LogP contribution >= 0.6 is 0 Å². The Hall–Kier alpha value is -2.01. The van der Waals surface area contributed by atoms with Gasteiger partial charge < -0.3 is 18.9 Å². The number of benzene rings is 1.